The molecule has 27 heteroatoms. The van der Waals surface area contributed by atoms with E-state index in [4.69, 9.17) is 66.7 Å². The molecular formula is C42H75ClO24S2. The predicted octanol–water partition coefficient (Wildman–Crippen LogP) is 3.06. The molecule has 24 nitrogen and oxygen atoms in total. The summed E-state index contributed by atoms with van der Waals surface area (Å²) in [5.41, 5.74) is 0.329. The van der Waals surface area contributed by atoms with Crippen LogP contribution in [0.3, 0.4) is 0 Å². The van der Waals surface area contributed by atoms with Gasteiger partial charge in [-0.1, -0.05) is 7.43 Å². The minimum atomic E-state index is -3.28. The number of esters is 1. The number of rotatable bonds is 32. The number of methoxy groups -OCH3 is 9. The standard InChI is InChI=1S/C17H26O8.C16H24O8.C4H10O4S.C3H8O2.CH3ClO2S.CH4/c1-19-5-8-23-14-11-13(17(18)22-4)12-15(24-9-6-20-2)16(14)25-10-7-21-3;1-19-4-7-22-13-10-12(16(17)18)11-14(23-8-5-20-2)15(13)24-9-6-21-3;1-7-3-4-8-9(2,5)6;1-5-3-2-4;1-5(2,3)4;/h11-12H,5-10H2,1-4H3;10-11H,4-9H2,1-3H3,(H,17,18);3-4H2,1-2H3;4H,2-3H2,1H3;1H3;1H4. The normalized spacial score (nSPS) is 10.4. The van der Waals surface area contributed by atoms with Gasteiger partial charge in [-0.15, -0.1) is 0 Å². The van der Waals surface area contributed by atoms with E-state index >= 15 is 0 Å². The number of carboxylic acids is 1. The van der Waals surface area contributed by atoms with Crippen LogP contribution in [0.25, 0.3) is 0 Å². The molecule has 0 fully saturated rings. The molecule has 0 aliphatic rings. The van der Waals surface area contributed by atoms with E-state index in [1.54, 1.807) is 61.9 Å². The first-order chi connectivity index (χ1) is 32.3. The van der Waals surface area contributed by atoms with Crippen LogP contribution in [0.4, 0.5) is 0 Å². The maximum absolute atomic E-state index is 11.9. The van der Waals surface area contributed by atoms with Crippen molar-refractivity contribution in [2.75, 3.05) is 182 Å². The van der Waals surface area contributed by atoms with Gasteiger partial charge in [-0.2, -0.15) is 8.42 Å². The Hall–Kier alpha value is -4.03. The van der Waals surface area contributed by atoms with Gasteiger partial charge in [0.1, 0.15) is 39.6 Å². The van der Waals surface area contributed by atoms with E-state index in [1.807, 2.05) is 0 Å². The van der Waals surface area contributed by atoms with Crippen molar-refractivity contribution in [1.82, 2.24) is 0 Å². The maximum atomic E-state index is 11.9. The number of carboxylic acid groups (broad SMARTS) is 1. The van der Waals surface area contributed by atoms with E-state index in [2.05, 4.69) is 24.3 Å². The van der Waals surface area contributed by atoms with Crippen LogP contribution in [0.1, 0.15) is 28.1 Å². The number of benzene rings is 2. The third-order valence-electron chi connectivity index (χ3n) is 6.84. The number of aliphatic hydroxyl groups excluding tert-OH is 1. The Bertz CT molecular complexity index is 1730. The summed E-state index contributed by atoms with van der Waals surface area (Å²) in [7, 11) is 11.7. The van der Waals surface area contributed by atoms with E-state index in [-0.39, 0.29) is 57.5 Å². The van der Waals surface area contributed by atoms with Crippen LogP contribution >= 0.6 is 10.7 Å². The van der Waals surface area contributed by atoms with E-state index in [0.29, 0.717) is 101 Å². The zero-order valence-electron chi connectivity index (χ0n) is 40.7. The first-order valence-electron chi connectivity index (χ1n) is 20.0. The molecule has 406 valence electrons. The number of aromatic carboxylic acids is 1. The highest BCUT2D eigenvalue weighted by Gasteiger charge is 2.20. The minimum Gasteiger partial charge on any atom is -0.487 e. The molecule has 0 bridgehead atoms. The van der Waals surface area contributed by atoms with Crippen molar-refractivity contribution in [3.05, 3.63) is 35.4 Å². The zero-order chi connectivity index (χ0) is 52.2. The van der Waals surface area contributed by atoms with Gasteiger partial charge in [0.25, 0.3) is 10.1 Å². The molecule has 0 unspecified atom stereocenters. The molecule has 0 radical (unpaired) electrons. The zero-order valence-corrected chi connectivity index (χ0v) is 43.1. The monoisotopic (exact) mass is 1060 g/mol. The molecule has 0 heterocycles. The summed E-state index contributed by atoms with van der Waals surface area (Å²) in [6, 6.07) is 5.88. The van der Waals surface area contributed by atoms with Gasteiger partial charge < -0.3 is 81.3 Å². The first-order valence-corrected chi connectivity index (χ1v) is 24.5. The van der Waals surface area contributed by atoms with E-state index in [1.165, 1.54) is 26.4 Å². The van der Waals surface area contributed by atoms with Crippen LogP contribution in [-0.2, 0) is 66.0 Å². The summed E-state index contributed by atoms with van der Waals surface area (Å²) in [6.07, 6.45) is 1.93. The quantitative estimate of drug-likeness (QED) is 0.0461. The topological polar surface area (TPSA) is 291 Å². The largest absolute Gasteiger partial charge is 0.487 e. The molecule has 2 aromatic carbocycles. The number of carbonyl (C=O) groups excluding carboxylic acids is 1. The fourth-order valence-corrected chi connectivity index (χ4v) is 4.35. The summed E-state index contributed by atoms with van der Waals surface area (Å²) in [5, 5.41) is 17.2. The molecule has 0 aliphatic carbocycles. The summed E-state index contributed by atoms with van der Waals surface area (Å²) in [6.45, 7) is 4.86. The second kappa shape index (κ2) is 46.4. The highest BCUT2D eigenvalue weighted by molar-refractivity contribution is 8.13. The molecule has 0 amide bonds. The number of aliphatic hydroxyl groups is 1. The predicted molar refractivity (Wildman–Crippen MR) is 254 cm³/mol. The molecule has 0 saturated carbocycles. The SMILES string of the molecule is C.COCCO.COCCOS(C)(=O)=O.COCCOc1cc(C(=O)O)cc(OCCOC)c1OCCOC.COCCOc1cc(C(=O)OC)cc(OCCOC)c1OCCOC.CS(=O)(=O)Cl. The molecule has 0 aliphatic heterocycles. The Kier molecular flexibility index (Phi) is 48.1. The fourth-order valence-electron chi connectivity index (χ4n) is 3.98. The highest BCUT2D eigenvalue weighted by atomic mass is 35.7. The molecule has 0 atom stereocenters. The van der Waals surface area contributed by atoms with Crippen LogP contribution in [0, 0.1) is 0 Å². The van der Waals surface area contributed by atoms with Crippen LogP contribution in [0.2, 0.25) is 0 Å². The van der Waals surface area contributed by atoms with Gasteiger partial charge in [-0.3, -0.25) is 4.18 Å². The fraction of sp³-hybridized carbons (Fsp3) is 0.667. The van der Waals surface area contributed by atoms with Crippen molar-refractivity contribution < 1.29 is 112 Å². The van der Waals surface area contributed by atoms with Gasteiger partial charge in [0, 0.05) is 67.6 Å². The van der Waals surface area contributed by atoms with Crippen molar-refractivity contribution in [3.63, 3.8) is 0 Å². The van der Waals surface area contributed by atoms with Crippen LogP contribution in [-0.4, -0.2) is 221 Å². The first kappa shape index (κ1) is 71.5. The van der Waals surface area contributed by atoms with Crippen molar-refractivity contribution >= 4 is 41.8 Å². The van der Waals surface area contributed by atoms with Gasteiger partial charge in [0.2, 0.25) is 20.5 Å². The Labute approximate surface area is 411 Å². The average molecular weight is 1060 g/mol. The lowest BCUT2D eigenvalue weighted by atomic mass is 10.2. The van der Waals surface area contributed by atoms with Crippen molar-refractivity contribution in [2.24, 2.45) is 0 Å². The van der Waals surface area contributed by atoms with Crippen LogP contribution in [0.15, 0.2) is 24.3 Å². The third kappa shape index (κ3) is 42.6. The lowest BCUT2D eigenvalue weighted by molar-refractivity contribution is 0.0597. The second-order valence-corrected chi connectivity index (χ2v) is 17.1. The minimum absolute atomic E-state index is 0. The number of hydrogen-bond donors (Lipinski definition) is 2. The van der Waals surface area contributed by atoms with Gasteiger partial charge in [0.05, 0.1) is 96.8 Å². The Morgan fingerprint density at radius 3 is 0.942 bits per heavy atom. The van der Waals surface area contributed by atoms with Crippen LogP contribution in [0.5, 0.6) is 34.5 Å². The third-order valence-corrected chi connectivity index (χ3v) is 7.43. The Morgan fingerprint density at radius 2 is 0.725 bits per heavy atom. The molecule has 0 spiro atoms. The van der Waals surface area contributed by atoms with E-state index in [9.17, 15) is 31.5 Å². The van der Waals surface area contributed by atoms with Crippen LogP contribution < -0.4 is 28.4 Å². The van der Waals surface area contributed by atoms with Gasteiger partial charge in [-0.05, 0) is 24.3 Å². The van der Waals surface area contributed by atoms with Crippen molar-refractivity contribution in [2.45, 2.75) is 7.43 Å². The van der Waals surface area contributed by atoms with Gasteiger partial charge >= 0.3 is 11.9 Å². The summed E-state index contributed by atoms with van der Waals surface area (Å²) >= 11 is 0. The highest BCUT2D eigenvalue weighted by Crippen LogP contribution is 2.40. The van der Waals surface area contributed by atoms with E-state index < -0.39 is 31.1 Å². The lowest BCUT2D eigenvalue weighted by Crippen LogP contribution is -2.13. The Balaban J connectivity index is -0.000000442. The number of hydrogen-bond acceptors (Lipinski definition) is 23. The summed E-state index contributed by atoms with van der Waals surface area (Å²) < 4.78 is 121. The van der Waals surface area contributed by atoms with Crippen molar-refractivity contribution in [3.8, 4) is 34.5 Å². The molecule has 2 N–H and O–H groups in total. The van der Waals surface area contributed by atoms with Crippen molar-refractivity contribution in [1.29, 1.82) is 0 Å². The second-order valence-electron chi connectivity index (χ2n) is 12.4. The summed E-state index contributed by atoms with van der Waals surface area (Å²) in [4.78, 5) is 23.2. The molecule has 2 rings (SSSR count). The molecule has 0 aromatic heterocycles. The molecule has 69 heavy (non-hydrogen) atoms. The van der Waals surface area contributed by atoms with Gasteiger partial charge in [0.15, 0.2) is 23.0 Å². The number of ether oxygens (including phenoxy) is 15. The molecule has 2 aromatic rings. The lowest BCUT2D eigenvalue weighted by Gasteiger charge is -2.18. The molecule has 0 saturated heterocycles. The Morgan fingerprint density at radius 1 is 0.464 bits per heavy atom. The number of halogens is 1. The molecular weight excluding hydrogens is 988 g/mol. The summed E-state index contributed by atoms with van der Waals surface area (Å²) in [5.74, 6) is 0.391. The van der Waals surface area contributed by atoms with E-state index in [0.717, 1.165) is 12.5 Å². The maximum Gasteiger partial charge on any atom is 0.338 e. The van der Waals surface area contributed by atoms with Gasteiger partial charge in [-0.25, -0.2) is 18.0 Å². The average Bonchev–Trinajstić information content (AvgIpc) is 3.27. The number of carbonyl (C=O) groups is 2. The smallest absolute Gasteiger partial charge is 0.338 e.